The van der Waals surface area contributed by atoms with Gasteiger partial charge in [0.25, 0.3) is 0 Å². The molecule has 0 saturated carbocycles. The standard InChI is InChI=1S/C18H19NS/c1-19(2)11-12-20-18-13-14-7-3-4-8-15(14)16-9-5-6-10-17(16)18/h3-10,13H,11-12H2,1-2H3. The molecule has 3 aromatic carbocycles. The molecule has 0 N–H and O–H groups in total. The number of rotatable bonds is 4. The van der Waals surface area contributed by atoms with Crippen LogP contribution in [0.5, 0.6) is 0 Å². The van der Waals surface area contributed by atoms with E-state index in [1.807, 2.05) is 11.8 Å². The highest BCUT2D eigenvalue weighted by Gasteiger charge is 2.06. The largest absolute Gasteiger partial charge is 0.309 e. The second kappa shape index (κ2) is 5.86. The first kappa shape index (κ1) is 13.5. The summed E-state index contributed by atoms with van der Waals surface area (Å²) in [5.41, 5.74) is 0. The van der Waals surface area contributed by atoms with Gasteiger partial charge >= 0.3 is 0 Å². The summed E-state index contributed by atoms with van der Waals surface area (Å²) < 4.78 is 0. The summed E-state index contributed by atoms with van der Waals surface area (Å²) in [5.74, 6) is 1.12. The Morgan fingerprint density at radius 3 is 2.25 bits per heavy atom. The van der Waals surface area contributed by atoms with Crippen molar-refractivity contribution >= 4 is 33.3 Å². The van der Waals surface area contributed by atoms with E-state index in [4.69, 9.17) is 0 Å². The maximum Gasteiger partial charge on any atom is 0.0157 e. The molecule has 3 rings (SSSR count). The van der Waals surface area contributed by atoms with Gasteiger partial charge in [-0.15, -0.1) is 11.8 Å². The maximum atomic E-state index is 2.33. The van der Waals surface area contributed by atoms with Gasteiger partial charge < -0.3 is 4.90 Å². The van der Waals surface area contributed by atoms with Crippen LogP contribution in [0.4, 0.5) is 0 Å². The smallest absolute Gasteiger partial charge is 0.0157 e. The minimum Gasteiger partial charge on any atom is -0.309 e. The summed E-state index contributed by atoms with van der Waals surface area (Å²) in [5, 5.41) is 5.41. The number of fused-ring (bicyclic) bond motifs is 3. The fourth-order valence-electron chi connectivity index (χ4n) is 2.48. The molecule has 0 heterocycles. The molecule has 3 aromatic rings. The quantitative estimate of drug-likeness (QED) is 0.506. The average Bonchev–Trinajstić information content (AvgIpc) is 2.47. The topological polar surface area (TPSA) is 3.24 Å². The van der Waals surface area contributed by atoms with Gasteiger partial charge in [-0.3, -0.25) is 0 Å². The van der Waals surface area contributed by atoms with Gasteiger partial charge in [0.05, 0.1) is 0 Å². The van der Waals surface area contributed by atoms with Crippen molar-refractivity contribution in [3.63, 3.8) is 0 Å². The molecule has 0 aliphatic rings. The molecule has 0 aromatic heterocycles. The van der Waals surface area contributed by atoms with Crippen LogP contribution in [0, 0.1) is 0 Å². The van der Waals surface area contributed by atoms with Crippen LogP contribution < -0.4 is 0 Å². The van der Waals surface area contributed by atoms with E-state index in [9.17, 15) is 0 Å². The van der Waals surface area contributed by atoms with Crippen molar-refractivity contribution in [2.75, 3.05) is 26.4 Å². The van der Waals surface area contributed by atoms with Gasteiger partial charge in [0.2, 0.25) is 0 Å². The van der Waals surface area contributed by atoms with Crippen LogP contribution in [0.15, 0.2) is 59.5 Å². The van der Waals surface area contributed by atoms with Crippen molar-refractivity contribution in [3.05, 3.63) is 54.6 Å². The van der Waals surface area contributed by atoms with E-state index in [0.717, 1.165) is 12.3 Å². The second-order valence-electron chi connectivity index (χ2n) is 5.29. The van der Waals surface area contributed by atoms with Gasteiger partial charge in [-0.2, -0.15) is 0 Å². The summed E-state index contributed by atoms with van der Waals surface area (Å²) in [4.78, 5) is 3.62. The first-order valence-electron chi connectivity index (χ1n) is 6.94. The second-order valence-corrected chi connectivity index (χ2v) is 6.43. The van der Waals surface area contributed by atoms with E-state index in [2.05, 4.69) is 73.6 Å². The van der Waals surface area contributed by atoms with Crippen molar-refractivity contribution in [2.45, 2.75) is 4.90 Å². The van der Waals surface area contributed by atoms with Gasteiger partial charge in [0, 0.05) is 17.2 Å². The number of thioether (sulfide) groups is 1. The minimum absolute atomic E-state index is 1.10. The number of hydrogen-bond donors (Lipinski definition) is 0. The molecule has 0 amide bonds. The molecule has 0 spiro atoms. The lowest BCUT2D eigenvalue weighted by molar-refractivity contribution is 0.437. The van der Waals surface area contributed by atoms with Crippen LogP contribution in [0.2, 0.25) is 0 Å². The highest BCUT2D eigenvalue weighted by atomic mass is 32.2. The lowest BCUT2D eigenvalue weighted by Crippen LogP contribution is -2.14. The third-order valence-electron chi connectivity index (χ3n) is 3.53. The molecule has 0 aliphatic carbocycles. The monoisotopic (exact) mass is 281 g/mol. The number of nitrogens with zero attached hydrogens (tertiary/aromatic N) is 1. The van der Waals surface area contributed by atoms with Crippen molar-refractivity contribution in [2.24, 2.45) is 0 Å². The van der Waals surface area contributed by atoms with Crippen LogP contribution in [-0.2, 0) is 0 Å². The zero-order valence-corrected chi connectivity index (χ0v) is 12.8. The molecule has 0 fully saturated rings. The van der Waals surface area contributed by atoms with E-state index in [1.165, 1.54) is 26.4 Å². The highest BCUT2D eigenvalue weighted by Crippen LogP contribution is 2.34. The zero-order chi connectivity index (χ0) is 13.9. The van der Waals surface area contributed by atoms with Gasteiger partial charge in [-0.25, -0.2) is 0 Å². The van der Waals surface area contributed by atoms with Crippen molar-refractivity contribution in [1.82, 2.24) is 4.90 Å². The van der Waals surface area contributed by atoms with E-state index in [0.29, 0.717) is 0 Å². The van der Waals surface area contributed by atoms with Crippen LogP contribution in [0.25, 0.3) is 21.5 Å². The normalized spacial score (nSPS) is 11.6. The Labute approximate surface area is 124 Å². The molecule has 0 saturated heterocycles. The van der Waals surface area contributed by atoms with Gasteiger partial charge in [0.15, 0.2) is 0 Å². The van der Waals surface area contributed by atoms with Crippen LogP contribution in [0.1, 0.15) is 0 Å². The van der Waals surface area contributed by atoms with Crippen molar-refractivity contribution in [1.29, 1.82) is 0 Å². The molecule has 2 heteroatoms. The predicted octanol–water partition coefficient (Wildman–Crippen LogP) is 4.65. The zero-order valence-electron chi connectivity index (χ0n) is 12.0. The fraction of sp³-hybridized carbons (Fsp3) is 0.222. The lowest BCUT2D eigenvalue weighted by Gasteiger charge is -2.12. The number of benzene rings is 3. The van der Waals surface area contributed by atoms with Crippen LogP contribution in [0.3, 0.4) is 0 Å². The summed E-state index contributed by atoms with van der Waals surface area (Å²) >= 11 is 1.95. The molecular weight excluding hydrogens is 262 g/mol. The Balaban J connectivity index is 2.09. The molecule has 0 radical (unpaired) electrons. The molecule has 20 heavy (non-hydrogen) atoms. The van der Waals surface area contributed by atoms with E-state index in [-0.39, 0.29) is 0 Å². The Bertz CT molecular complexity index is 734. The Hall–Kier alpha value is -1.51. The van der Waals surface area contributed by atoms with Crippen LogP contribution >= 0.6 is 11.8 Å². The van der Waals surface area contributed by atoms with Crippen molar-refractivity contribution < 1.29 is 0 Å². The Morgan fingerprint density at radius 2 is 1.50 bits per heavy atom. The predicted molar refractivity (Wildman–Crippen MR) is 90.7 cm³/mol. The van der Waals surface area contributed by atoms with E-state index in [1.54, 1.807) is 0 Å². The van der Waals surface area contributed by atoms with Gasteiger partial charge in [-0.05, 0) is 41.7 Å². The van der Waals surface area contributed by atoms with Gasteiger partial charge in [-0.1, -0.05) is 48.5 Å². The van der Waals surface area contributed by atoms with Gasteiger partial charge in [0.1, 0.15) is 0 Å². The summed E-state index contributed by atoms with van der Waals surface area (Å²) in [6.07, 6.45) is 0. The summed E-state index contributed by atoms with van der Waals surface area (Å²) in [7, 11) is 4.25. The molecule has 0 atom stereocenters. The molecule has 0 aliphatic heterocycles. The third-order valence-corrected chi connectivity index (χ3v) is 4.56. The SMILES string of the molecule is CN(C)CCSc1cc2ccccc2c2ccccc12. The first-order chi connectivity index (χ1) is 9.75. The number of hydrogen-bond acceptors (Lipinski definition) is 2. The third kappa shape index (κ3) is 2.67. The Morgan fingerprint density at radius 1 is 0.850 bits per heavy atom. The van der Waals surface area contributed by atoms with Crippen molar-refractivity contribution in [3.8, 4) is 0 Å². The lowest BCUT2D eigenvalue weighted by atomic mass is 10.0. The average molecular weight is 281 g/mol. The Kier molecular flexibility index (Phi) is 3.95. The molecule has 102 valence electrons. The van der Waals surface area contributed by atoms with E-state index >= 15 is 0 Å². The maximum absolute atomic E-state index is 2.33. The minimum atomic E-state index is 1.10. The van der Waals surface area contributed by atoms with E-state index < -0.39 is 0 Å². The highest BCUT2D eigenvalue weighted by molar-refractivity contribution is 7.99. The summed E-state index contributed by atoms with van der Waals surface area (Å²) in [6.45, 7) is 1.10. The first-order valence-corrected chi connectivity index (χ1v) is 7.92. The molecule has 0 unspecified atom stereocenters. The fourth-order valence-corrected chi connectivity index (χ4v) is 3.70. The molecular formula is C18H19NS. The summed E-state index contributed by atoms with van der Waals surface area (Å²) in [6, 6.07) is 19.7. The van der Waals surface area contributed by atoms with Crippen LogP contribution in [-0.4, -0.2) is 31.3 Å². The molecule has 1 nitrogen and oxygen atoms in total. The molecule has 0 bridgehead atoms.